The Morgan fingerprint density at radius 3 is 3.00 bits per heavy atom. The number of rotatable bonds is 4. The smallest absolute Gasteiger partial charge is 0.237 e. The Hall–Kier alpha value is -2.85. The zero-order valence-corrected chi connectivity index (χ0v) is 13.1. The summed E-state index contributed by atoms with van der Waals surface area (Å²) < 4.78 is 1.84. The van der Waals surface area contributed by atoms with Gasteiger partial charge in [-0.05, 0) is 37.3 Å². The van der Waals surface area contributed by atoms with Gasteiger partial charge in [-0.3, -0.25) is 9.20 Å². The molecule has 1 N–H and O–H groups in total. The maximum absolute atomic E-state index is 12.3. The van der Waals surface area contributed by atoms with Gasteiger partial charge in [0.1, 0.15) is 0 Å². The molecule has 0 aliphatic rings. The van der Waals surface area contributed by atoms with Crippen LogP contribution in [-0.2, 0) is 4.79 Å². The molecular formula is C16H13N5OS. The van der Waals surface area contributed by atoms with E-state index in [0.29, 0.717) is 16.4 Å². The molecule has 23 heavy (non-hydrogen) atoms. The van der Waals surface area contributed by atoms with Crippen LogP contribution in [-0.4, -0.2) is 25.8 Å². The van der Waals surface area contributed by atoms with Crippen molar-refractivity contribution < 1.29 is 4.79 Å². The van der Waals surface area contributed by atoms with Crippen LogP contribution in [0.25, 0.3) is 5.65 Å². The van der Waals surface area contributed by atoms with Crippen LogP contribution in [0.3, 0.4) is 0 Å². The van der Waals surface area contributed by atoms with Crippen LogP contribution in [0.5, 0.6) is 0 Å². The minimum absolute atomic E-state index is 0.155. The molecule has 1 amide bonds. The monoisotopic (exact) mass is 323 g/mol. The highest BCUT2D eigenvalue weighted by molar-refractivity contribution is 8.00. The summed E-state index contributed by atoms with van der Waals surface area (Å²) >= 11 is 1.33. The van der Waals surface area contributed by atoms with E-state index in [4.69, 9.17) is 5.26 Å². The Morgan fingerprint density at radius 2 is 2.17 bits per heavy atom. The lowest BCUT2D eigenvalue weighted by Gasteiger charge is -2.11. The molecule has 3 rings (SSSR count). The van der Waals surface area contributed by atoms with Gasteiger partial charge in [0.15, 0.2) is 10.8 Å². The zero-order valence-electron chi connectivity index (χ0n) is 12.3. The first kappa shape index (κ1) is 15.1. The number of nitriles is 1. The van der Waals surface area contributed by atoms with Crippen LogP contribution in [0.15, 0.2) is 53.8 Å². The molecule has 0 aliphatic heterocycles. The highest BCUT2D eigenvalue weighted by atomic mass is 32.2. The molecule has 114 valence electrons. The van der Waals surface area contributed by atoms with E-state index in [1.165, 1.54) is 11.8 Å². The molecule has 7 heteroatoms. The van der Waals surface area contributed by atoms with Gasteiger partial charge in [-0.25, -0.2) is 0 Å². The average Bonchev–Trinajstić information content (AvgIpc) is 2.98. The molecule has 0 fully saturated rings. The molecule has 1 aromatic carbocycles. The van der Waals surface area contributed by atoms with Crippen LogP contribution < -0.4 is 5.32 Å². The van der Waals surface area contributed by atoms with E-state index in [0.717, 1.165) is 5.65 Å². The van der Waals surface area contributed by atoms with E-state index in [1.807, 2.05) is 34.9 Å². The van der Waals surface area contributed by atoms with Crippen molar-refractivity contribution in [3.05, 3.63) is 54.2 Å². The number of benzene rings is 1. The number of thioether (sulfide) groups is 1. The molecular weight excluding hydrogens is 310 g/mol. The number of pyridine rings is 1. The van der Waals surface area contributed by atoms with Gasteiger partial charge in [0, 0.05) is 11.9 Å². The van der Waals surface area contributed by atoms with Crippen LogP contribution in [0.4, 0.5) is 5.69 Å². The third-order valence-electron chi connectivity index (χ3n) is 3.19. The molecule has 0 unspecified atom stereocenters. The van der Waals surface area contributed by atoms with Crippen LogP contribution in [0.1, 0.15) is 12.5 Å². The number of hydrogen-bond acceptors (Lipinski definition) is 5. The number of anilines is 1. The van der Waals surface area contributed by atoms with Crippen molar-refractivity contribution in [3.8, 4) is 6.07 Å². The summed E-state index contributed by atoms with van der Waals surface area (Å²) in [7, 11) is 0. The zero-order chi connectivity index (χ0) is 16.2. The molecule has 6 nitrogen and oxygen atoms in total. The average molecular weight is 323 g/mol. The third kappa shape index (κ3) is 3.33. The van der Waals surface area contributed by atoms with Crippen molar-refractivity contribution in [2.45, 2.75) is 17.3 Å². The maximum atomic E-state index is 12.3. The van der Waals surface area contributed by atoms with Gasteiger partial charge in [0.2, 0.25) is 5.91 Å². The summed E-state index contributed by atoms with van der Waals surface area (Å²) in [4.78, 5) is 12.3. The van der Waals surface area contributed by atoms with Gasteiger partial charge >= 0.3 is 0 Å². The van der Waals surface area contributed by atoms with Crippen molar-refractivity contribution in [2.75, 3.05) is 5.32 Å². The third-order valence-corrected chi connectivity index (χ3v) is 4.25. The molecule has 2 heterocycles. The van der Waals surface area contributed by atoms with Crippen LogP contribution in [0, 0.1) is 11.3 Å². The fourth-order valence-corrected chi connectivity index (χ4v) is 2.86. The molecule has 2 aromatic heterocycles. The fourth-order valence-electron chi connectivity index (χ4n) is 2.02. The normalized spacial score (nSPS) is 11.8. The molecule has 0 saturated carbocycles. The highest BCUT2D eigenvalue weighted by Crippen LogP contribution is 2.23. The molecule has 3 aromatic rings. The Bertz CT molecular complexity index is 899. The second-order valence-corrected chi connectivity index (χ2v) is 6.16. The number of carbonyl (C=O) groups is 1. The summed E-state index contributed by atoms with van der Waals surface area (Å²) in [6.45, 7) is 1.80. The standard InChI is InChI=1S/C16H13N5OS/c1-11(15(22)18-13-6-4-5-12(9-13)10-17)23-16-20-19-14-7-2-3-8-21(14)16/h2-9,11H,1H3,(H,18,22)/t11-/m1/s1. The lowest BCUT2D eigenvalue weighted by atomic mass is 10.2. The van der Waals surface area contributed by atoms with Crippen molar-refractivity contribution in [1.82, 2.24) is 14.6 Å². The second kappa shape index (κ2) is 6.50. The van der Waals surface area contributed by atoms with E-state index in [9.17, 15) is 4.79 Å². The molecule has 1 atom stereocenters. The summed E-state index contributed by atoms with van der Waals surface area (Å²) in [5, 5.41) is 20.2. The molecule has 0 radical (unpaired) electrons. The van der Waals surface area contributed by atoms with Gasteiger partial charge in [0.25, 0.3) is 0 Å². The quantitative estimate of drug-likeness (QED) is 0.746. The van der Waals surface area contributed by atoms with Crippen molar-refractivity contribution in [2.24, 2.45) is 0 Å². The number of nitrogens with zero attached hydrogens (tertiary/aromatic N) is 4. The Kier molecular flexibility index (Phi) is 4.26. The molecule has 0 aliphatic carbocycles. The summed E-state index contributed by atoms with van der Waals surface area (Å²) in [6, 6.07) is 14.5. The van der Waals surface area contributed by atoms with Crippen molar-refractivity contribution >= 4 is 29.0 Å². The number of carbonyl (C=O) groups excluding carboxylic acids is 1. The van der Waals surface area contributed by atoms with E-state index < -0.39 is 0 Å². The SMILES string of the molecule is C[C@@H](Sc1nnc2ccccn12)C(=O)Nc1cccc(C#N)c1. The summed E-state index contributed by atoms with van der Waals surface area (Å²) in [5.41, 5.74) is 1.85. The number of amides is 1. The highest BCUT2D eigenvalue weighted by Gasteiger charge is 2.18. The maximum Gasteiger partial charge on any atom is 0.237 e. The number of aromatic nitrogens is 3. The van der Waals surface area contributed by atoms with E-state index in [-0.39, 0.29) is 11.2 Å². The Morgan fingerprint density at radius 1 is 1.30 bits per heavy atom. The minimum atomic E-state index is -0.353. The van der Waals surface area contributed by atoms with E-state index in [2.05, 4.69) is 15.5 Å². The first-order chi connectivity index (χ1) is 11.2. The topological polar surface area (TPSA) is 83.1 Å². The van der Waals surface area contributed by atoms with E-state index >= 15 is 0 Å². The molecule has 0 saturated heterocycles. The summed E-state index contributed by atoms with van der Waals surface area (Å²) in [5.74, 6) is -0.155. The number of fused-ring (bicyclic) bond motifs is 1. The minimum Gasteiger partial charge on any atom is -0.325 e. The largest absolute Gasteiger partial charge is 0.325 e. The van der Waals surface area contributed by atoms with Crippen LogP contribution >= 0.6 is 11.8 Å². The van der Waals surface area contributed by atoms with Crippen molar-refractivity contribution in [1.29, 1.82) is 5.26 Å². The van der Waals surface area contributed by atoms with Crippen molar-refractivity contribution in [3.63, 3.8) is 0 Å². The summed E-state index contributed by atoms with van der Waals surface area (Å²) in [6.07, 6.45) is 1.86. The molecule has 0 spiro atoms. The number of nitrogens with one attached hydrogen (secondary N) is 1. The van der Waals surface area contributed by atoms with Gasteiger partial charge in [-0.2, -0.15) is 5.26 Å². The van der Waals surface area contributed by atoms with Gasteiger partial charge in [-0.15, -0.1) is 10.2 Å². The molecule has 0 bridgehead atoms. The van der Waals surface area contributed by atoms with E-state index in [1.54, 1.807) is 31.2 Å². The lowest BCUT2D eigenvalue weighted by Crippen LogP contribution is -2.22. The number of hydrogen-bond donors (Lipinski definition) is 1. The predicted octanol–water partition coefficient (Wildman–Crippen LogP) is 2.72. The second-order valence-electron chi connectivity index (χ2n) is 4.85. The Balaban J connectivity index is 1.71. The first-order valence-electron chi connectivity index (χ1n) is 6.95. The van der Waals surface area contributed by atoms with Crippen LogP contribution in [0.2, 0.25) is 0 Å². The first-order valence-corrected chi connectivity index (χ1v) is 7.83. The van der Waals surface area contributed by atoms with Gasteiger partial charge < -0.3 is 5.32 Å². The fraction of sp³-hybridized carbons (Fsp3) is 0.125. The van der Waals surface area contributed by atoms with Gasteiger partial charge in [0.05, 0.1) is 16.9 Å². The lowest BCUT2D eigenvalue weighted by molar-refractivity contribution is -0.115. The Labute approximate surface area is 137 Å². The predicted molar refractivity (Wildman–Crippen MR) is 88.1 cm³/mol. The van der Waals surface area contributed by atoms with Gasteiger partial charge in [-0.1, -0.05) is 23.9 Å².